The van der Waals surface area contributed by atoms with Crippen molar-refractivity contribution >= 4 is 11.9 Å². The van der Waals surface area contributed by atoms with Crippen molar-refractivity contribution in [1.29, 1.82) is 0 Å². The average Bonchev–Trinajstić information content (AvgIpc) is 2.46. The van der Waals surface area contributed by atoms with E-state index in [1.54, 1.807) is 12.1 Å². The normalized spacial score (nSPS) is 18.7. The van der Waals surface area contributed by atoms with Gasteiger partial charge in [-0.15, -0.1) is 0 Å². The molecule has 6 nitrogen and oxygen atoms in total. The van der Waals surface area contributed by atoms with Crippen LogP contribution in [-0.4, -0.2) is 54.8 Å². The second-order valence-corrected chi connectivity index (χ2v) is 4.65. The predicted molar refractivity (Wildman–Crippen MR) is 71.0 cm³/mol. The van der Waals surface area contributed by atoms with E-state index >= 15 is 0 Å². The summed E-state index contributed by atoms with van der Waals surface area (Å²) in [6.45, 7) is 2.53. The van der Waals surface area contributed by atoms with Gasteiger partial charge in [0.05, 0.1) is 25.8 Å². The molecule has 0 aromatic heterocycles. The van der Waals surface area contributed by atoms with Crippen molar-refractivity contribution in [2.45, 2.75) is 13.0 Å². The number of rotatable bonds is 3. The van der Waals surface area contributed by atoms with E-state index in [2.05, 4.69) is 0 Å². The first kappa shape index (κ1) is 14.3. The second-order valence-electron chi connectivity index (χ2n) is 4.65. The molecule has 1 heterocycles. The molecule has 0 spiro atoms. The number of carboxylic acids is 1. The van der Waals surface area contributed by atoms with Gasteiger partial charge in [-0.05, 0) is 19.1 Å². The lowest BCUT2D eigenvalue weighted by molar-refractivity contribution is -0.154. The number of amides is 1. The molecule has 1 aliphatic heterocycles. The Morgan fingerprint density at radius 1 is 1.45 bits per heavy atom. The number of methoxy groups -OCH3 is 1. The van der Waals surface area contributed by atoms with E-state index in [1.807, 2.05) is 13.0 Å². The first-order valence-electron chi connectivity index (χ1n) is 6.31. The fraction of sp³-hybridized carbons (Fsp3) is 0.429. The topological polar surface area (TPSA) is 76.1 Å². The summed E-state index contributed by atoms with van der Waals surface area (Å²) in [5.41, 5.74) is 1.38. The molecule has 1 saturated heterocycles. The molecule has 1 aromatic rings. The number of hydrogen-bond donors (Lipinski definition) is 1. The monoisotopic (exact) mass is 279 g/mol. The van der Waals surface area contributed by atoms with E-state index in [-0.39, 0.29) is 19.1 Å². The zero-order valence-corrected chi connectivity index (χ0v) is 11.5. The molecule has 1 aromatic carbocycles. The zero-order valence-electron chi connectivity index (χ0n) is 11.5. The largest absolute Gasteiger partial charge is 0.496 e. The van der Waals surface area contributed by atoms with Gasteiger partial charge >= 0.3 is 5.97 Å². The van der Waals surface area contributed by atoms with Crippen LogP contribution in [0.15, 0.2) is 18.2 Å². The molecule has 6 heteroatoms. The van der Waals surface area contributed by atoms with Crippen LogP contribution in [0.5, 0.6) is 5.75 Å². The van der Waals surface area contributed by atoms with Crippen molar-refractivity contribution < 1.29 is 24.2 Å². The molecule has 1 amide bonds. The molecule has 0 saturated carbocycles. The number of ether oxygens (including phenoxy) is 2. The number of morpholine rings is 1. The fourth-order valence-corrected chi connectivity index (χ4v) is 2.14. The van der Waals surface area contributed by atoms with Gasteiger partial charge in [-0.3, -0.25) is 4.79 Å². The molecule has 2 rings (SSSR count). The lowest BCUT2D eigenvalue weighted by atomic mass is 10.1. The Morgan fingerprint density at radius 2 is 2.20 bits per heavy atom. The molecule has 20 heavy (non-hydrogen) atoms. The van der Waals surface area contributed by atoms with Gasteiger partial charge in [0, 0.05) is 6.54 Å². The number of aryl methyl sites for hydroxylation is 1. The number of nitrogens with zero attached hydrogens (tertiary/aromatic N) is 1. The highest BCUT2D eigenvalue weighted by Crippen LogP contribution is 2.22. The van der Waals surface area contributed by atoms with Crippen LogP contribution in [-0.2, 0) is 9.53 Å². The summed E-state index contributed by atoms with van der Waals surface area (Å²) in [7, 11) is 1.50. The minimum Gasteiger partial charge on any atom is -0.496 e. The number of benzene rings is 1. The van der Waals surface area contributed by atoms with Gasteiger partial charge in [-0.1, -0.05) is 11.6 Å². The number of carbonyl (C=O) groups excluding carboxylic acids is 1. The first-order chi connectivity index (χ1) is 9.52. The van der Waals surface area contributed by atoms with E-state index in [0.29, 0.717) is 17.9 Å². The summed E-state index contributed by atoms with van der Waals surface area (Å²) < 4.78 is 10.3. The summed E-state index contributed by atoms with van der Waals surface area (Å²) >= 11 is 0. The maximum absolute atomic E-state index is 12.5. The molecule has 108 valence electrons. The van der Waals surface area contributed by atoms with Crippen LogP contribution < -0.4 is 4.74 Å². The van der Waals surface area contributed by atoms with E-state index in [1.165, 1.54) is 12.0 Å². The molecule has 0 aliphatic carbocycles. The third-order valence-corrected chi connectivity index (χ3v) is 3.21. The molecule has 1 aliphatic rings. The summed E-state index contributed by atoms with van der Waals surface area (Å²) in [6, 6.07) is 5.33. The van der Waals surface area contributed by atoms with Crippen molar-refractivity contribution in [1.82, 2.24) is 4.90 Å². The smallest absolute Gasteiger partial charge is 0.334 e. The van der Waals surface area contributed by atoms with E-state index in [9.17, 15) is 9.59 Å². The Morgan fingerprint density at radius 3 is 2.85 bits per heavy atom. The van der Waals surface area contributed by atoms with E-state index in [0.717, 1.165) is 5.56 Å². The van der Waals surface area contributed by atoms with Crippen molar-refractivity contribution in [3.8, 4) is 5.75 Å². The van der Waals surface area contributed by atoms with Crippen LogP contribution in [0.2, 0.25) is 0 Å². The summed E-state index contributed by atoms with van der Waals surface area (Å²) in [5, 5.41) is 8.97. The molecule has 0 bridgehead atoms. The van der Waals surface area contributed by atoms with Gasteiger partial charge in [0.1, 0.15) is 5.75 Å². The molecule has 0 radical (unpaired) electrons. The molecule has 1 atom stereocenters. The Bertz CT molecular complexity index is 528. The van der Waals surface area contributed by atoms with Crippen LogP contribution >= 0.6 is 0 Å². The summed E-state index contributed by atoms with van der Waals surface area (Å²) in [4.78, 5) is 24.9. The van der Waals surface area contributed by atoms with Crippen molar-refractivity contribution in [2.24, 2.45) is 0 Å². The van der Waals surface area contributed by atoms with Crippen molar-refractivity contribution in [3.63, 3.8) is 0 Å². The van der Waals surface area contributed by atoms with Crippen LogP contribution in [0, 0.1) is 6.92 Å². The quantitative estimate of drug-likeness (QED) is 0.890. The summed E-state index contributed by atoms with van der Waals surface area (Å²) in [5.74, 6) is -0.808. The average molecular weight is 279 g/mol. The van der Waals surface area contributed by atoms with Gasteiger partial charge in [-0.2, -0.15) is 0 Å². The molecular formula is C14H17NO5. The number of carboxylic acid groups (broad SMARTS) is 1. The lowest BCUT2D eigenvalue weighted by Crippen LogP contribution is -2.48. The van der Waals surface area contributed by atoms with Gasteiger partial charge < -0.3 is 19.5 Å². The molecule has 1 unspecified atom stereocenters. The van der Waals surface area contributed by atoms with E-state index < -0.39 is 12.1 Å². The third-order valence-electron chi connectivity index (χ3n) is 3.21. The standard InChI is InChI=1S/C14H17NO5/c1-9-3-4-11(19-2)10(7-9)13(16)15-5-6-20-12(8-15)14(17)18/h3-4,7,12H,5-6,8H2,1-2H3,(H,17,18). The zero-order chi connectivity index (χ0) is 14.7. The maximum atomic E-state index is 12.5. The van der Waals surface area contributed by atoms with Crippen LogP contribution in [0.1, 0.15) is 15.9 Å². The Kier molecular flexibility index (Phi) is 4.24. The van der Waals surface area contributed by atoms with Gasteiger partial charge in [-0.25, -0.2) is 4.79 Å². The fourth-order valence-electron chi connectivity index (χ4n) is 2.14. The highest BCUT2D eigenvalue weighted by molar-refractivity contribution is 5.97. The van der Waals surface area contributed by atoms with Gasteiger partial charge in [0.2, 0.25) is 0 Å². The van der Waals surface area contributed by atoms with Crippen LogP contribution in [0.4, 0.5) is 0 Å². The number of carbonyl (C=O) groups is 2. The van der Waals surface area contributed by atoms with Crippen LogP contribution in [0.25, 0.3) is 0 Å². The van der Waals surface area contributed by atoms with Gasteiger partial charge in [0.25, 0.3) is 5.91 Å². The van der Waals surface area contributed by atoms with E-state index in [4.69, 9.17) is 14.6 Å². The number of aliphatic carboxylic acids is 1. The highest BCUT2D eigenvalue weighted by Gasteiger charge is 2.30. The molecule has 1 fully saturated rings. The van der Waals surface area contributed by atoms with Crippen molar-refractivity contribution in [2.75, 3.05) is 26.8 Å². The lowest BCUT2D eigenvalue weighted by Gasteiger charge is -2.31. The highest BCUT2D eigenvalue weighted by atomic mass is 16.5. The van der Waals surface area contributed by atoms with Crippen molar-refractivity contribution in [3.05, 3.63) is 29.3 Å². The predicted octanol–water partition coefficient (Wildman–Crippen LogP) is 0.929. The molecule has 1 N–H and O–H groups in total. The third kappa shape index (κ3) is 2.91. The van der Waals surface area contributed by atoms with Gasteiger partial charge in [0.15, 0.2) is 6.10 Å². The SMILES string of the molecule is COc1ccc(C)cc1C(=O)N1CCOC(C(=O)O)C1. The summed E-state index contributed by atoms with van der Waals surface area (Å²) in [6.07, 6.45) is -0.969. The first-order valence-corrected chi connectivity index (χ1v) is 6.31. The Balaban J connectivity index is 2.22. The second kappa shape index (κ2) is 5.92. The maximum Gasteiger partial charge on any atom is 0.334 e. The number of hydrogen-bond acceptors (Lipinski definition) is 4. The molecular weight excluding hydrogens is 262 g/mol. The van der Waals surface area contributed by atoms with Crippen LogP contribution in [0.3, 0.4) is 0 Å². The Labute approximate surface area is 116 Å². The minimum absolute atomic E-state index is 0.0469. The minimum atomic E-state index is -1.06. The Hall–Kier alpha value is -2.08.